The monoisotopic (exact) mass is 329 g/mol. The first-order valence-electron chi connectivity index (χ1n) is 8.00. The van der Waals surface area contributed by atoms with Crippen LogP contribution >= 0.6 is 0 Å². The van der Waals surface area contributed by atoms with Gasteiger partial charge in [-0.2, -0.15) is 0 Å². The van der Waals surface area contributed by atoms with E-state index in [0.29, 0.717) is 13.0 Å². The molecule has 3 rings (SSSR count). The Bertz CT molecular complexity index is 690. The fourth-order valence-corrected chi connectivity index (χ4v) is 3.57. The van der Waals surface area contributed by atoms with E-state index in [1.54, 1.807) is 12.1 Å². The van der Waals surface area contributed by atoms with Crippen LogP contribution in [0.25, 0.3) is 0 Å². The van der Waals surface area contributed by atoms with Gasteiger partial charge in [0.15, 0.2) is 0 Å². The lowest BCUT2D eigenvalue weighted by atomic mass is 9.76. The van der Waals surface area contributed by atoms with E-state index in [-0.39, 0.29) is 24.2 Å². The standard InChI is InChI=1S/C19H20FNO3/c20-16-8-6-14(7-9-16)18-15(10-13-4-2-1-3-5-13)11-21(19(23)24)12-17(18)22/h1-9,15,17-18,22H,10-12H2,(H,23,24). The van der Waals surface area contributed by atoms with Crippen LogP contribution in [0.2, 0.25) is 0 Å². The highest BCUT2D eigenvalue weighted by Gasteiger charge is 2.38. The molecule has 1 fully saturated rings. The summed E-state index contributed by atoms with van der Waals surface area (Å²) in [6, 6.07) is 15.9. The molecule has 2 aromatic carbocycles. The molecule has 3 atom stereocenters. The zero-order chi connectivity index (χ0) is 17.1. The fourth-order valence-electron chi connectivity index (χ4n) is 3.57. The summed E-state index contributed by atoms with van der Waals surface area (Å²) in [5.74, 6) is -0.616. The van der Waals surface area contributed by atoms with Crippen LogP contribution in [0.15, 0.2) is 54.6 Å². The highest BCUT2D eigenvalue weighted by Crippen LogP contribution is 2.35. The maximum absolute atomic E-state index is 13.2. The van der Waals surface area contributed by atoms with Crippen molar-refractivity contribution in [1.29, 1.82) is 0 Å². The molecule has 2 aromatic rings. The van der Waals surface area contributed by atoms with Gasteiger partial charge in [0, 0.05) is 12.5 Å². The summed E-state index contributed by atoms with van der Waals surface area (Å²) in [6.45, 7) is 0.423. The molecular formula is C19H20FNO3. The van der Waals surface area contributed by atoms with Gasteiger partial charge >= 0.3 is 6.09 Å². The molecule has 1 aliphatic rings. The Balaban J connectivity index is 1.90. The van der Waals surface area contributed by atoms with Gasteiger partial charge < -0.3 is 15.1 Å². The normalized spacial score (nSPS) is 23.9. The Morgan fingerprint density at radius 3 is 2.38 bits per heavy atom. The molecule has 0 radical (unpaired) electrons. The maximum Gasteiger partial charge on any atom is 0.407 e. The van der Waals surface area contributed by atoms with Gasteiger partial charge in [-0.05, 0) is 35.6 Å². The second kappa shape index (κ2) is 7.01. The maximum atomic E-state index is 13.2. The average Bonchev–Trinajstić information content (AvgIpc) is 2.57. The number of piperidine rings is 1. The van der Waals surface area contributed by atoms with E-state index in [4.69, 9.17) is 0 Å². The molecule has 0 spiro atoms. The summed E-state index contributed by atoms with van der Waals surface area (Å²) in [4.78, 5) is 12.6. The number of aliphatic hydroxyl groups is 1. The van der Waals surface area contributed by atoms with E-state index >= 15 is 0 Å². The van der Waals surface area contributed by atoms with Crippen molar-refractivity contribution in [2.24, 2.45) is 5.92 Å². The summed E-state index contributed by atoms with van der Waals surface area (Å²) in [7, 11) is 0. The van der Waals surface area contributed by atoms with E-state index in [2.05, 4.69) is 0 Å². The van der Waals surface area contributed by atoms with Gasteiger partial charge in [-0.15, -0.1) is 0 Å². The highest BCUT2D eigenvalue weighted by molar-refractivity contribution is 5.65. The van der Waals surface area contributed by atoms with Crippen LogP contribution in [0.5, 0.6) is 0 Å². The Kier molecular flexibility index (Phi) is 4.81. The zero-order valence-electron chi connectivity index (χ0n) is 13.2. The molecule has 126 valence electrons. The smallest absolute Gasteiger partial charge is 0.407 e. The molecule has 24 heavy (non-hydrogen) atoms. The molecule has 0 aliphatic carbocycles. The minimum atomic E-state index is -1.02. The number of halogens is 1. The number of hydrogen-bond donors (Lipinski definition) is 2. The fraction of sp³-hybridized carbons (Fsp3) is 0.316. The largest absolute Gasteiger partial charge is 0.465 e. The zero-order valence-corrected chi connectivity index (χ0v) is 13.2. The summed E-state index contributed by atoms with van der Waals surface area (Å²) >= 11 is 0. The number of likely N-dealkylation sites (tertiary alicyclic amines) is 1. The van der Waals surface area contributed by atoms with Crippen LogP contribution in [0.4, 0.5) is 9.18 Å². The van der Waals surface area contributed by atoms with E-state index in [0.717, 1.165) is 11.1 Å². The molecule has 0 aromatic heterocycles. The van der Waals surface area contributed by atoms with Crippen molar-refractivity contribution >= 4 is 6.09 Å². The van der Waals surface area contributed by atoms with Gasteiger partial charge in [-0.1, -0.05) is 42.5 Å². The van der Waals surface area contributed by atoms with Gasteiger partial charge in [0.1, 0.15) is 5.82 Å². The number of carbonyl (C=O) groups is 1. The molecule has 5 heteroatoms. The summed E-state index contributed by atoms with van der Waals surface area (Å²) < 4.78 is 13.2. The Hall–Kier alpha value is -2.40. The first-order chi connectivity index (χ1) is 11.5. The average molecular weight is 329 g/mol. The lowest BCUT2D eigenvalue weighted by Gasteiger charge is -2.41. The molecule has 0 bridgehead atoms. The second-order valence-corrected chi connectivity index (χ2v) is 6.28. The number of amides is 1. The Morgan fingerprint density at radius 2 is 1.75 bits per heavy atom. The number of hydrogen-bond acceptors (Lipinski definition) is 2. The van der Waals surface area contributed by atoms with Crippen LogP contribution in [0, 0.1) is 11.7 Å². The molecule has 1 saturated heterocycles. The molecule has 3 unspecified atom stereocenters. The lowest BCUT2D eigenvalue weighted by Crippen LogP contribution is -2.50. The van der Waals surface area contributed by atoms with Crippen molar-refractivity contribution in [3.8, 4) is 0 Å². The number of aliphatic hydroxyl groups excluding tert-OH is 1. The highest BCUT2D eigenvalue weighted by atomic mass is 19.1. The predicted octanol–water partition coefficient (Wildman–Crippen LogP) is 3.12. The van der Waals surface area contributed by atoms with E-state index < -0.39 is 12.2 Å². The summed E-state index contributed by atoms with van der Waals surface area (Å²) in [5, 5.41) is 19.9. The number of benzene rings is 2. The summed E-state index contributed by atoms with van der Waals surface area (Å²) in [6.07, 6.45) is -1.18. The number of nitrogens with zero attached hydrogens (tertiary/aromatic N) is 1. The van der Waals surface area contributed by atoms with Crippen LogP contribution in [0.3, 0.4) is 0 Å². The topological polar surface area (TPSA) is 60.8 Å². The third-order valence-corrected chi connectivity index (χ3v) is 4.65. The molecular weight excluding hydrogens is 309 g/mol. The number of rotatable bonds is 3. The van der Waals surface area contributed by atoms with Crippen LogP contribution in [-0.2, 0) is 6.42 Å². The minimum absolute atomic E-state index is 0.0716. The van der Waals surface area contributed by atoms with Crippen molar-refractivity contribution < 1.29 is 19.4 Å². The van der Waals surface area contributed by atoms with Gasteiger partial charge in [0.2, 0.25) is 0 Å². The number of carboxylic acid groups (broad SMARTS) is 1. The lowest BCUT2D eigenvalue weighted by molar-refractivity contribution is 0.0214. The third kappa shape index (κ3) is 3.57. The first-order valence-corrected chi connectivity index (χ1v) is 8.00. The van der Waals surface area contributed by atoms with E-state index in [1.807, 2.05) is 30.3 Å². The minimum Gasteiger partial charge on any atom is -0.465 e. The van der Waals surface area contributed by atoms with Crippen LogP contribution in [-0.4, -0.2) is 40.4 Å². The molecule has 2 N–H and O–H groups in total. The molecule has 1 aliphatic heterocycles. The van der Waals surface area contributed by atoms with Crippen LogP contribution in [0.1, 0.15) is 17.0 Å². The van der Waals surface area contributed by atoms with Gasteiger partial charge in [-0.25, -0.2) is 9.18 Å². The SMILES string of the molecule is O=C(O)N1CC(O)C(c2ccc(F)cc2)C(Cc2ccccc2)C1. The van der Waals surface area contributed by atoms with Crippen LogP contribution < -0.4 is 0 Å². The third-order valence-electron chi connectivity index (χ3n) is 4.65. The molecule has 0 saturated carbocycles. The molecule has 1 amide bonds. The van der Waals surface area contributed by atoms with Crippen molar-refractivity contribution in [1.82, 2.24) is 4.90 Å². The van der Waals surface area contributed by atoms with Crippen molar-refractivity contribution in [2.75, 3.05) is 13.1 Å². The number of β-amino-alcohol motifs (C(OH)–C–C–N with tert-alkyl or cyclic N) is 1. The van der Waals surface area contributed by atoms with Gasteiger partial charge in [0.25, 0.3) is 0 Å². The van der Waals surface area contributed by atoms with Crippen molar-refractivity contribution in [2.45, 2.75) is 18.4 Å². The van der Waals surface area contributed by atoms with Gasteiger partial charge in [-0.3, -0.25) is 0 Å². The van der Waals surface area contributed by atoms with Crippen molar-refractivity contribution in [3.05, 3.63) is 71.5 Å². The molecule has 4 nitrogen and oxygen atoms in total. The van der Waals surface area contributed by atoms with E-state index in [9.17, 15) is 19.4 Å². The first kappa shape index (κ1) is 16.5. The Labute approximate surface area is 140 Å². The molecule has 1 heterocycles. The predicted molar refractivity (Wildman–Crippen MR) is 88.4 cm³/mol. The van der Waals surface area contributed by atoms with Gasteiger partial charge in [0.05, 0.1) is 12.6 Å². The second-order valence-electron chi connectivity index (χ2n) is 6.28. The Morgan fingerprint density at radius 1 is 1.08 bits per heavy atom. The van der Waals surface area contributed by atoms with E-state index in [1.165, 1.54) is 17.0 Å². The van der Waals surface area contributed by atoms with Crippen molar-refractivity contribution in [3.63, 3.8) is 0 Å². The quantitative estimate of drug-likeness (QED) is 0.909. The summed E-state index contributed by atoms with van der Waals surface area (Å²) in [5.41, 5.74) is 1.93.